The van der Waals surface area contributed by atoms with Gasteiger partial charge in [0.15, 0.2) is 6.29 Å². The smallest absolute Gasteiger partial charge is 0.347 e. The predicted octanol–water partition coefficient (Wildman–Crippen LogP) is 4.59. The number of esters is 2. The minimum absolute atomic E-state index is 0.121. The molecule has 4 rings (SSSR count). The van der Waals surface area contributed by atoms with Crippen molar-refractivity contribution in [3.05, 3.63) is 83.9 Å². The van der Waals surface area contributed by atoms with Crippen molar-refractivity contribution in [1.82, 2.24) is 9.34 Å². The Kier molecular flexibility index (Phi) is 8.42. The highest BCUT2D eigenvalue weighted by Crippen LogP contribution is 2.53. The molecule has 0 bridgehead atoms. The van der Waals surface area contributed by atoms with Crippen LogP contribution in [0.2, 0.25) is 0 Å². The molecule has 1 fully saturated rings. The quantitative estimate of drug-likeness (QED) is 0.293. The summed E-state index contributed by atoms with van der Waals surface area (Å²) in [6.07, 6.45) is -2.43. The molecule has 0 N–H and O–H groups in total. The summed E-state index contributed by atoms with van der Waals surface area (Å²) in [6.45, 7) is -0.171. The zero-order valence-corrected chi connectivity index (χ0v) is 22.2. The molecule has 3 aromatic carbocycles. The van der Waals surface area contributed by atoms with Gasteiger partial charge in [-0.25, -0.2) is 18.9 Å². The van der Waals surface area contributed by atoms with Gasteiger partial charge in [-0.05, 0) is 57.2 Å². The molecule has 10 heteroatoms. The molecule has 1 aliphatic heterocycles. The maximum Gasteiger partial charge on any atom is 0.347 e. The average Bonchev–Trinajstić information content (AvgIpc) is 3.27. The van der Waals surface area contributed by atoms with Gasteiger partial charge in [0.1, 0.15) is 18.8 Å². The van der Waals surface area contributed by atoms with E-state index in [1.165, 1.54) is 9.34 Å². The lowest BCUT2D eigenvalue weighted by molar-refractivity contribution is -0.101. The molecule has 37 heavy (non-hydrogen) atoms. The standard InChI is InChI=1S/C27H31N2O7P/c1-28(2)37(32,29(3)4)36-25-17-23(24(34-25)18-33-26(30)20-12-6-5-7-13-20)35-27(31)22-16-10-14-19-11-8-9-15-21(19)22/h5-16,23-25H,17-18H2,1-4H3/t23-,24+,25+/m0/s1. The van der Waals surface area contributed by atoms with Crippen LogP contribution < -0.4 is 0 Å². The number of carbonyl (C=O) groups excluding carboxylic acids is 2. The Labute approximate surface area is 216 Å². The van der Waals surface area contributed by atoms with Crippen LogP contribution in [0.15, 0.2) is 72.8 Å². The molecule has 0 spiro atoms. The molecule has 3 atom stereocenters. The van der Waals surface area contributed by atoms with Crippen LogP contribution in [0.5, 0.6) is 0 Å². The number of hydrogen-bond acceptors (Lipinski definition) is 7. The van der Waals surface area contributed by atoms with Crippen LogP contribution >= 0.6 is 7.67 Å². The molecule has 9 nitrogen and oxygen atoms in total. The van der Waals surface area contributed by atoms with E-state index in [2.05, 4.69) is 0 Å². The third kappa shape index (κ3) is 6.09. The van der Waals surface area contributed by atoms with E-state index < -0.39 is 38.1 Å². The van der Waals surface area contributed by atoms with E-state index in [9.17, 15) is 14.2 Å². The molecule has 0 aromatic heterocycles. The lowest BCUT2D eigenvalue weighted by Gasteiger charge is -2.31. The molecule has 0 radical (unpaired) electrons. The second-order valence-corrected chi connectivity index (χ2v) is 11.9. The van der Waals surface area contributed by atoms with Gasteiger partial charge in [0.05, 0.1) is 11.1 Å². The molecule has 1 heterocycles. The summed E-state index contributed by atoms with van der Waals surface area (Å²) in [4.78, 5) is 25.7. The summed E-state index contributed by atoms with van der Waals surface area (Å²) in [5.74, 6) is -1.06. The van der Waals surface area contributed by atoms with Gasteiger partial charge in [-0.1, -0.05) is 54.6 Å². The molecule has 1 aliphatic rings. The summed E-state index contributed by atoms with van der Waals surface area (Å²) in [5.41, 5.74) is 0.803. The van der Waals surface area contributed by atoms with E-state index in [4.69, 9.17) is 18.7 Å². The molecule has 0 unspecified atom stereocenters. The van der Waals surface area contributed by atoms with Gasteiger partial charge >= 0.3 is 19.6 Å². The first-order valence-corrected chi connectivity index (χ1v) is 13.4. The van der Waals surface area contributed by atoms with E-state index in [0.717, 1.165) is 10.8 Å². The molecule has 1 saturated heterocycles. The van der Waals surface area contributed by atoms with Crippen LogP contribution in [0.3, 0.4) is 0 Å². The highest BCUT2D eigenvalue weighted by atomic mass is 31.2. The van der Waals surface area contributed by atoms with Crippen molar-refractivity contribution in [3.8, 4) is 0 Å². The first-order valence-electron chi connectivity index (χ1n) is 11.9. The van der Waals surface area contributed by atoms with Crippen LogP contribution in [0.1, 0.15) is 27.1 Å². The molecule has 0 amide bonds. The number of ether oxygens (including phenoxy) is 3. The molecule has 3 aromatic rings. The Bertz CT molecular complexity index is 1280. The first-order chi connectivity index (χ1) is 17.7. The fourth-order valence-corrected chi connectivity index (χ4v) is 5.67. The third-order valence-electron chi connectivity index (χ3n) is 6.09. The van der Waals surface area contributed by atoms with Crippen LogP contribution in [0.25, 0.3) is 10.8 Å². The van der Waals surface area contributed by atoms with Crippen molar-refractivity contribution in [2.75, 3.05) is 34.8 Å². The number of benzene rings is 3. The lowest BCUT2D eigenvalue weighted by atomic mass is 10.0. The second kappa shape index (κ2) is 11.5. The molecule has 0 saturated carbocycles. The summed E-state index contributed by atoms with van der Waals surface area (Å²) < 4.78 is 39.5. The fourth-order valence-electron chi connectivity index (χ4n) is 4.14. The summed E-state index contributed by atoms with van der Waals surface area (Å²) in [6, 6.07) is 21.5. The summed E-state index contributed by atoms with van der Waals surface area (Å²) in [7, 11) is 3.20. The Balaban J connectivity index is 1.53. The maximum atomic E-state index is 13.4. The largest absolute Gasteiger partial charge is 0.459 e. The topological polar surface area (TPSA) is 94.6 Å². The van der Waals surface area contributed by atoms with Gasteiger partial charge in [0, 0.05) is 6.42 Å². The van der Waals surface area contributed by atoms with Gasteiger partial charge in [-0.15, -0.1) is 0 Å². The average molecular weight is 527 g/mol. The summed E-state index contributed by atoms with van der Waals surface area (Å²) >= 11 is 0. The second-order valence-electron chi connectivity index (χ2n) is 9.07. The molecular weight excluding hydrogens is 495 g/mol. The van der Waals surface area contributed by atoms with Crippen LogP contribution in [0, 0.1) is 0 Å². The highest BCUT2D eigenvalue weighted by molar-refractivity contribution is 7.53. The van der Waals surface area contributed by atoms with Crippen LogP contribution in [0.4, 0.5) is 0 Å². The third-order valence-corrected chi connectivity index (χ3v) is 8.62. The maximum absolute atomic E-state index is 13.4. The van der Waals surface area contributed by atoms with Gasteiger partial charge in [0.25, 0.3) is 0 Å². The van der Waals surface area contributed by atoms with E-state index in [-0.39, 0.29) is 13.0 Å². The van der Waals surface area contributed by atoms with Crippen LogP contribution in [-0.4, -0.2) is 74.6 Å². The van der Waals surface area contributed by atoms with Gasteiger partial charge < -0.3 is 14.2 Å². The van der Waals surface area contributed by atoms with Gasteiger partial charge in [0.2, 0.25) is 0 Å². The molecule has 196 valence electrons. The van der Waals surface area contributed by atoms with E-state index in [0.29, 0.717) is 11.1 Å². The number of nitrogens with zero attached hydrogens (tertiary/aromatic N) is 2. The SMILES string of the molecule is CN(C)P(=O)(O[C@@H]1C[C@H](OC(=O)c2cccc3ccccc23)[C@@H](COC(=O)c2ccccc2)O1)N(C)C. The molecular formula is C27H31N2O7P. The zero-order chi connectivity index (χ0) is 26.6. The van der Waals surface area contributed by atoms with Crippen molar-refractivity contribution in [3.63, 3.8) is 0 Å². The molecule has 0 aliphatic carbocycles. The predicted molar refractivity (Wildman–Crippen MR) is 139 cm³/mol. The van der Waals surface area contributed by atoms with Crippen molar-refractivity contribution in [2.45, 2.75) is 24.9 Å². The Morgan fingerprint density at radius 1 is 0.892 bits per heavy atom. The van der Waals surface area contributed by atoms with Gasteiger partial charge in [-0.2, -0.15) is 0 Å². The van der Waals surface area contributed by atoms with E-state index in [1.807, 2.05) is 30.3 Å². The van der Waals surface area contributed by atoms with Crippen molar-refractivity contribution in [2.24, 2.45) is 0 Å². The number of rotatable bonds is 9. The zero-order valence-electron chi connectivity index (χ0n) is 21.3. The van der Waals surface area contributed by atoms with Gasteiger partial charge in [-0.3, -0.25) is 9.09 Å². The highest BCUT2D eigenvalue weighted by Gasteiger charge is 2.44. The number of fused-ring (bicyclic) bond motifs is 1. The minimum atomic E-state index is -3.38. The lowest BCUT2D eigenvalue weighted by Crippen LogP contribution is -2.32. The number of carbonyl (C=O) groups is 2. The van der Waals surface area contributed by atoms with E-state index in [1.54, 1.807) is 70.7 Å². The van der Waals surface area contributed by atoms with Crippen molar-refractivity contribution in [1.29, 1.82) is 0 Å². The Morgan fingerprint density at radius 3 is 2.24 bits per heavy atom. The normalized spacial score (nSPS) is 19.9. The monoisotopic (exact) mass is 526 g/mol. The van der Waals surface area contributed by atoms with Crippen LogP contribution in [-0.2, 0) is 23.3 Å². The van der Waals surface area contributed by atoms with Crippen molar-refractivity contribution >= 4 is 30.4 Å². The minimum Gasteiger partial charge on any atom is -0.459 e. The first kappa shape index (κ1) is 27.0. The summed E-state index contributed by atoms with van der Waals surface area (Å²) in [5, 5.41) is 1.67. The van der Waals surface area contributed by atoms with E-state index >= 15 is 0 Å². The fraction of sp³-hybridized carbons (Fsp3) is 0.333. The number of hydrogen-bond donors (Lipinski definition) is 0. The van der Waals surface area contributed by atoms with Crippen molar-refractivity contribution < 1.29 is 32.9 Å². The Hall–Kier alpha value is -3.07. The Morgan fingerprint density at radius 2 is 1.54 bits per heavy atom.